The third kappa shape index (κ3) is 311. The predicted octanol–water partition coefficient (Wildman–Crippen LogP) is -0.825. The Morgan fingerprint density at radius 2 is 0.571 bits per heavy atom. The van der Waals surface area contributed by atoms with Crippen molar-refractivity contribution in [2.24, 2.45) is 0 Å². The van der Waals surface area contributed by atoms with Crippen LogP contribution < -0.4 is 0 Å². The molecule has 0 aliphatic heterocycles. The summed E-state index contributed by atoms with van der Waals surface area (Å²) in [6.45, 7) is 9.75. The molecule has 0 aromatic carbocycles. The van der Waals surface area contributed by atoms with Crippen LogP contribution in [0.1, 0.15) is 0 Å². The Kier molecular flexibility index (Phi) is 2280. The molecule has 0 N–H and O–H groups in total. The second kappa shape index (κ2) is 512. The van der Waals surface area contributed by atoms with Gasteiger partial charge in [-0.25, -0.2) is 0 Å². The average molecular weight is 143 g/mol. The van der Waals surface area contributed by atoms with Crippen molar-refractivity contribution in [3.05, 3.63) is 0 Å². The molecule has 0 atom stereocenters. The van der Waals surface area contributed by atoms with Crippen LogP contribution in [0.15, 0.2) is 0 Å². The van der Waals surface area contributed by atoms with E-state index < -0.39 is 0 Å². The Bertz CT molecular complexity index is 14.9. The summed E-state index contributed by atoms with van der Waals surface area (Å²) < 4.78 is 0. The quantitative estimate of drug-likeness (QED) is 0.252. The van der Waals surface area contributed by atoms with Crippen LogP contribution in [0, 0.1) is 0 Å². The molecular formula is C3H3FeO3. The Morgan fingerprint density at radius 1 is 0.571 bits per heavy atom. The third-order valence-electron chi connectivity index (χ3n) is 0. The van der Waals surface area contributed by atoms with E-state index in [4.69, 9.17) is 14.4 Å². The first-order valence-corrected chi connectivity index (χ1v) is 0.707. The summed E-state index contributed by atoms with van der Waals surface area (Å²) in [5.41, 5.74) is 0. The molecule has 0 amide bonds. The summed E-state index contributed by atoms with van der Waals surface area (Å²) in [5.74, 6) is 0. The number of carbonyl (C=O) groups excluding carboxylic acids is 3. The first-order valence-electron chi connectivity index (χ1n) is 0.707. The zero-order chi connectivity index (χ0) is 6.00. The van der Waals surface area contributed by atoms with E-state index in [2.05, 4.69) is 20.4 Å². The van der Waals surface area contributed by atoms with E-state index in [1.54, 1.807) is 0 Å². The van der Waals surface area contributed by atoms with Crippen LogP contribution in [-0.4, -0.2) is 20.4 Å². The maximum absolute atomic E-state index is 7.75. The van der Waals surface area contributed by atoms with E-state index in [9.17, 15) is 0 Å². The Hall–Kier alpha value is -0.471. The van der Waals surface area contributed by atoms with Gasteiger partial charge in [-0.3, -0.25) is 20.4 Å². The van der Waals surface area contributed by atoms with E-state index in [-0.39, 0.29) is 17.1 Å². The van der Waals surface area contributed by atoms with E-state index in [1.165, 1.54) is 0 Å². The summed E-state index contributed by atoms with van der Waals surface area (Å²) >= 11 is 0. The molecule has 1 radical (unpaired) electrons. The Morgan fingerprint density at radius 3 is 0.571 bits per heavy atom. The van der Waals surface area contributed by atoms with Gasteiger partial charge in [0.1, 0.15) is 0 Å². The van der Waals surface area contributed by atoms with Crippen molar-refractivity contribution in [2.45, 2.75) is 0 Å². The molecule has 0 heterocycles. The molecule has 0 saturated heterocycles. The van der Waals surface area contributed by atoms with Crippen molar-refractivity contribution in [1.82, 2.24) is 0 Å². The van der Waals surface area contributed by atoms with E-state index in [1.807, 2.05) is 0 Å². The fourth-order valence-electron chi connectivity index (χ4n) is 0. The van der Waals surface area contributed by atoms with Gasteiger partial charge < -0.3 is 14.4 Å². The summed E-state index contributed by atoms with van der Waals surface area (Å²) in [5, 5.41) is 0. The minimum Gasteiger partial charge on any atom is -0.545 e. The number of rotatable bonds is 0. The standard InChI is InChI=1S/3CHO.Fe/c3*1-2;/h3*1H;/q3*-1;+3. The topological polar surface area (TPSA) is 51.2 Å². The van der Waals surface area contributed by atoms with Crippen LogP contribution in [0.25, 0.3) is 0 Å². The summed E-state index contributed by atoms with van der Waals surface area (Å²) in [4.78, 5) is 23.2. The van der Waals surface area contributed by atoms with Crippen molar-refractivity contribution in [3.8, 4) is 0 Å². The molecular weight excluding hydrogens is 140 g/mol. The van der Waals surface area contributed by atoms with Crippen molar-refractivity contribution < 1.29 is 31.5 Å². The predicted molar refractivity (Wildman–Crippen MR) is 20.3 cm³/mol. The van der Waals surface area contributed by atoms with Crippen molar-refractivity contribution >= 4 is 20.4 Å². The van der Waals surface area contributed by atoms with Crippen molar-refractivity contribution in [2.75, 3.05) is 0 Å². The van der Waals surface area contributed by atoms with Gasteiger partial charge >= 0.3 is 17.1 Å². The SMILES string of the molecule is [CH-]=O.[CH-]=O.[CH-]=O.[Fe+3]. The molecule has 0 aliphatic carbocycles. The first-order chi connectivity index (χ1) is 3.00. The molecule has 0 bridgehead atoms. The van der Waals surface area contributed by atoms with Gasteiger partial charge in [0.2, 0.25) is 0 Å². The Balaban J connectivity index is -0.00000000900. The van der Waals surface area contributed by atoms with Gasteiger partial charge in [0.05, 0.1) is 0 Å². The number of hydrogen-bond donors (Lipinski definition) is 0. The molecule has 3 nitrogen and oxygen atoms in total. The molecule has 7 heavy (non-hydrogen) atoms. The van der Waals surface area contributed by atoms with Crippen LogP contribution in [0.3, 0.4) is 0 Å². The van der Waals surface area contributed by atoms with Crippen LogP contribution in [0.4, 0.5) is 0 Å². The van der Waals surface area contributed by atoms with Gasteiger partial charge in [-0.05, 0) is 0 Å². The van der Waals surface area contributed by atoms with E-state index in [0.29, 0.717) is 0 Å². The first kappa shape index (κ1) is 31.2. The molecule has 0 saturated carbocycles. The monoisotopic (exact) mass is 143 g/mol. The van der Waals surface area contributed by atoms with E-state index in [0.717, 1.165) is 0 Å². The fraction of sp³-hybridized carbons (Fsp3) is 0. The zero-order valence-corrected chi connectivity index (χ0v) is 4.41. The van der Waals surface area contributed by atoms with Gasteiger partial charge in [-0.15, -0.1) is 0 Å². The van der Waals surface area contributed by atoms with Gasteiger partial charge in [-0.1, -0.05) is 0 Å². The summed E-state index contributed by atoms with van der Waals surface area (Å²) in [6, 6.07) is 0. The average Bonchev–Trinajstić information content (AvgIpc) is 1.81. The van der Waals surface area contributed by atoms with Crippen LogP contribution in [0.2, 0.25) is 0 Å². The van der Waals surface area contributed by atoms with Crippen LogP contribution in [-0.2, 0) is 31.5 Å². The summed E-state index contributed by atoms with van der Waals surface area (Å²) in [6.07, 6.45) is 0. The molecule has 0 spiro atoms. The van der Waals surface area contributed by atoms with Crippen LogP contribution >= 0.6 is 0 Å². The third-order valence-corrected chi connectivity index (χ3v) is 0. The molecule has 0 rings (SSSR count). The molecule has 41 valence electrons. The molecule has 0 aliphatic rings. The van der Waals surface area contributed by atoms with Crippen LogP contribution in [0.5, 0.6) is 0 Å². The van der Waals surface area contributed by atoms with Gasteiger partial charge in [0.15, 0.2) is 0 Å². The van der Waals surface area contributed by atoms with Gasteiger partial charge in [0, 0.05) is 0 Å². The van der Waals surface area contributed by atoms with E-state index >= 15 is 0 Å². The second-order valence-electron chi connectivity index (χ2n) is 0. The molecule has 4 heteroatoms. The van der Waals surface area contributed by atoms with Gasteiger partial charge in [-0.2, -0.15) is 0 Å². The number of hydrogen-bond acceptors (Lipinski definition) is 3. The molecule has 0 aromatic rings. The minimum atomic E-state index is 0. The molecule has 0 fully saturated rings. The Labute approximate surface area is 52.6 Å². The maximum Gasteiger partial charge on any atom is 3.00 e. The van der Waals surface area contributed by atoms with Crippen molar-refractivity contribution in [1.29, 1.82) is 0 Å². The second-order valence-corrected chi connectivity index (χ2v) is 0. The minimum absolute atomic E-state index is 0. The van der Waals surface area contributed by atoms with Gasteiger partial charge in [0.25, 0.3) is 0 Å². The maximum atomic E-state index is 7.75. The molecule has 0 aromatic heterocycles. The smallest absolute Gasteiger partial charge is 0.545 e. The fourth-order valence-corrected chi connectivity index (χ4v) is 0. The normalized spacial score (nSPS) is 1.71. The zero-order valence-electron chi connectivity index (χ0n) is 3.31. The largest absolute Gasteiger partial charge is 3.00 e. The molecule has 0 unspecified atom stereocenters. The van der Waals surface area contributed by atoms with Crippen molar-refractivity contribution in [3.63, 3.8) is 0 Å². The summed E-state index contributed by atoms with van der Waals surface area (Å²) in [7, 11) is 0.